The summed E-state index contributed by atoms with van der Waals surface area (Å²) >= 11 is 1.47. The fourth-order valence-electron chi connectivity index (χ4n) is 1.86. The van der Waals surface area contributed by atoms with E-state index >= 15 is 0 Å². The van der Waals surface area contributed by atoms with Gasteiger partial charge in [-0.15, -0.1) is 0 Å². The first-order chi connectivity index (χ1) is 9.19. The van der Waals surface area contributed by atoms with Crippen molar-refractivity contribution in [2.24, 2.45) is 0 Å². The average molecular weight is 272 g/mol. The molecule has 3 aromatic rings. The molecule has 96 valence electrons. The molecule has 0 spiro atoms. The van der Waals surface area contributed by atoms with Crippen molar-refractivity contribution >= 4 is 28.5 Å². The molecule has 0 unspecified atom stereocenters. The molecule has 0 aliphatic carbocycles. The maximum atomic E-state index is 10.8. The fraction of sp³-hybridized carbons (Fsp3) is 0.154. The Balaban J connectivity index is 2.10. The normalized spacial score (nSPS) is 10.8. The third kappa shape index (κ3) is 2.00. The fourth-order valence-corrected chi connectivity index (χ4v) is 2.81. The number of pyridine rings is 1. The lowest BCUT2D eigenvalue weighted by atomic mass is 10.3. The maximum absolute atomic E-state index is 10.8. The van der Waals surface area contributed by atoms with Crippen LogP contribution in [0.2, 0.25) is 0 Å². The van der Waals surface area contributed by atoms with Gasteiger partial charge in [-0.1, -0.05) is 17.4 Å². The van der Waals surface area contributed by atoms with Crippen LogP contribution in [0, 0.1) is 6.92 Å². The molecule has 0 saturated heterocycles. The van der Waals surface area contributed by atoms with E-state index in [-0.39, 0.29) is 0 Å². The van der Waals surface area contributed by atoms with Gasteiger partial charge in [0.25, 0.3) is 0 Å². The Labute approximate surface area is 114 Å². The lowest BCUT2D eigenvalue weighted by Gasteiger charge is -2.02. The van der Waals surface area contributed by atoms with Crippen LogP contribution in [0.25, 0.3) is 16.2 Å². The number of anilines is 1. The molecule has 0 bridgehead atoms. The van der Waals surface area contributed by atoms with E-state index < -0.39 is 0 Å². The number of carbonyl (C=O) groups excluding carboxylic acids is 1. The number of rotatable bonds is 3. The molecule has 5 nitrogen and oxygen atoms in total. The number of nitrogens with zero attached hydrogens (tertiary/aromatic N) is 4. The Morgan fingerprint density at radius 2 is 2.21 bits per heavy atom. The van der Waals surface area contributed by atoms with Crippen LogP contribution in [0.5, 0.6) is 0 Å². The summed E-state index contributed by atoms with van der Waals surface area (Å²) in [6.07, 6.45) is 4.69. The summed E-state index contributed by atoms with van der Waals surface area (Å²) in [5.74, 6) is 0. The summed E-state index contributed by atoms with van der Waals surface area (Å²) in [5, 5.41) is 0.680. The molecule has 0 aliphatic heterocycles. The Hall–Kier alpha value is -2.21. The van der Waals surface area contributed by atoms with Crippen molar-refractivity contribution in [2.45, 2.75) is 6.92 Å². The predicted molar refractivity (Wildman–Crippen MR) is 75.5 cm³/mol. The highest BCUT2D eigenvalue weighted by atomic mass is 32.1. The average Bonchev–Trinajstić information content (AvgIpc) is 3.00. The largest absolute Gasteiger partial charge is 0.306 e. The second kappa shape index (κ2) is 4.47. The second-order valence-electron chi connectivity index (χ2n) is 4.22. The van der Waals surface area contributed by atoms with Crippen molar-refractivity contribution in [3.63, 3.8) is 0 Å². The van der Waals surface area contributed by atoms with Gasteiger partial charge >= 0.3 is 0 Å². The van der Waals surface area contributed by atoms with E-state index in [0.717, 1.165) is 28.3 Å². The van der Waals surface area contributed by atoms with E-state index in [2.05, 4.69) is 9.97 Å². The number of hydrogen-bond acceptors (Lipinski definition) is 4. The SMILES string of the molecule is Cc1nc(N(C)C=O)sc1-c1cn2ccccc2n1. The number of amides is 1. The quantitative estimate of drug-likeness (QED) is 0.688. The molecule has 3 aromatic heterocycles. The number of aromatic nitrogens is 3. The Morgan fingerprint density at radius 1 is 1.37 bits per heavy atom. The topological polar surface area (TPSA) is 50.5 Å². The van der Waals surface area contributed by atoms with Gasteiger partial charge in [0, 0.05) is 19.4 Å². The van der Waals surface area contributed by atoms with E-state index in [0.29, 0.717) is 5.13 Å². The summed E-state index contributed by atoms with van der Waals surface area (Å²) in [6, 6.07) is 5.87. The summed E-state index contributed by atoms with van der Waals surface area (Å²) < 4.78 is 1.97. The summed E-state index contributed by atoms with van der Waals surface area (Å²) in [7, 11) is 1.69. The van der Waals surface area contributed by atoms with Crippen LogP contribution in [0.4, 0.5) is 5.13 Å². The summed E-state index contributed by atoms with van der Waals surface area (Å²) in [5.41, 5.74) is 2.67. The third-order valence-corrected chi connectivity index (χ3v) is 4.11. The molecule has 19 heavy (non-hydrogen) atoms. The van der Waals surface area contributed by atoms with Crippen molar-refractivity contribution in [2.75, 3.05) is 11.9 Å². The first-order valence-corrected chi connectivity index (χ1v) is 6.60. The zero-order chi connectivity index (χ0) is 13.4. The molecule has 3 heterocycles. The van der Waals surface area contributed by atoms with Gasteiger partial charge < -0.3 is 4.40 Å². The molecule has 0 aromatic carbocycles. The van der Waals surface area contributed by atoms with E-state index in [1.54, 1.807) is 7.05 Å². The van der Waals surface area contributed by atoms with Gasteiger partial charge in [-0.25, -0.2) is 9.97 Å². The molecule has 0 N–H and O–H groups in total. The van der Waals surface area contributed by atoms with Gasteiger partial charge in [0.1, 0.15) is 11.3 Å². The minimum atomic E-state index is 0.680. The molecule has 1 amide bonds. The van der Waals surface area contributed by atoms with Crippen LogP contribution < -0.4 is 4.90 Å². The van der Waals surface area contributed by atoms with Crippen molar-refractivity contribution in [1.82, 2.24) is 14.4 Å². The summed E-state index contributed by atoms with van der Waals surface area (Å²) in [4.78, 5) is 22.2. The van der Waals surface area contributed by atoms with Gasteiger partial charge in [-0.2, -0.15) is 0 Å². The van der Waals surface area contributed by atoms with Crippen LogP contribution in [0.3, 0.4) is 0 Å². The Kier molecular flexibility index (Phi) is 2.79. The van der Waals surface area contributed by atoms with Gasteiger partial charge in [0.05, 0.1) is 10.6 Å². The zero-order valence-corrected chi connectivity index (χ0v) is 11.4. The smallest absolute Gasteiger partial charge is 0.215 e. The van der Waals surface area contributed by atoms with E-state index in [1.165, 1.54) is 16.2 Å². The van der Waals surface area contributed by atoms with E-state index in [4.69, 9.17) is 0 Å². The molecule has 6 heteroatoms. The van der Waals surface area contributed by atoms with Gasteiger partial charge in [0.15, 0.2) is 5.13 Å². The molecular formula is C13H12N4OS. The van der Waals surface area contributed by atoms with Crippen LogP contribution in [-0.4, -0.2) is 27.8 Å². The minimum Gasteiger partial charge on any atom is -0.306 e. The second-order valence-corrected chi connectivity index (χ2v) is 5.20. The first kappa shape index (κ1) is 11.9. The van der Waals surface area contributed by atoms with Crippen molar-refractivity contribution in [3.05, 3.63) is 36.3 Å². The lowest BCUT2D eigenvalue weighted by Crippen LogP contribution is -2.12. The highest BCUT2D eigenvalue weighted by molar-refractivity contribution is 7.19. The maximum Gasteiger partial charge on any atom is 0.215 e. The number of imidazole rings is 1. The predicted octanol–water partition coefficient (Wildman–Crippen LogP) is 2.36. The van der Waals surface area contributed by atoms with Gasteiger partial charge in [-0.05, 0) is 19.1 Å². The molecule has 0 fully saturated rings. The molecule has 0 saturated carbocycles. The molecular weight excluding hydrogens is 260 g/mol. The van der Waals surface area contributed by atoms with E-state index in [9.17, 15) is 4.79 Å². The molecule has 0 radical (unpaired) electrons. The summed E-state index contributed by atoms with van der Waals surface area (Å²) in [6.45, 7) is 1.93. The number of fused-ring (bicyclic) bond motifs is 1. The molecule has 3 rings (SSSR count). The van der Waals surface area contributed by atoms with Crippen LogP contribution >= 0.6 is 11.3 Å². The number of thiazole rings is 1. The highest BCUT2D eigenvalue weighted by Crippen LogP contribution is 2.33. The van der Waals surface area contributed by atoms with Crippen LogP contribution in [0.15, 0.2) is 30.6 Å². The Morgan fingerprint density at radius 3 is 2.95 bits per heavy atom. The number of hydrogen-bond donors (Lipinski definition) is 0. The third-order valence-electron chi connectivity index (χ3n) is 2.84. The number of aryl methyl sites for hydroxylation is 1. The van der Waals surface area contributed by atoms with Crippen molar-refractivity contribution < 1.29 is 4.79 Å². The monoisotopic (exact) mass is 272 g/mol. The Bertz CT molecular complexity index is 713. The lowest BCUT2D eigenvalue weighted by molar-refractivity contribution is -0.107. The standard InChI is InChI=1S/C13H12N4OS/c1-9-12(19-13(14-9)16(2)8-18)10-7-17-6-4-3-5-11(17)15-10/h3-8H,1-2H3. The van der Waals surface area contributed by atoms with Gasteiger partial charge in [-0.3, -0.25) is 9.69 Å². The zero-order valence-electron chi connectivity index (χ0n) is 10.6. The van der Waals surface area contributed by atoms with E-state index in [1.807, 2.05) is 41.9 Å². The van der Waals surface area contributed by atoms with Crippen molar-refractivity contribution in [3.8, 4) is 10.6 Å². The minimum absolute atomic E-state index is 0.680. The molecule has 0 aliphatic rings. The van der Waals surface area contributed by atoms with Gasteiger partial charge in [0.2, 0.25) is 6.41 Å². The highest BCUT2D eigenvalue weighted by Gasteiger charge is 2.14. The van der Waals surface area contributed by atoms with Crippen LogP contribution in [-0.2, 0) is 4.79 Å². The first-order valence-electron chi connectivity index (χ1n) is 5.78. The molecule has 0 atom stereocenters. The van der Waals surface area contributed by atoms with Crippen LogP contribution in [0.1, 0.15) is 5.69 Å². The number of carbonyl (C=O) groups is 1. The van der Waals surface area contributed by atoms with Crippen molar-refractivity contribution in [1.29, 1.82) is 0 Å².